The third kappa shape index (κ3) is 6.38. The SMILES string of the molecule is Cc1ccc(C)cc1.O=S([O-])NC1CC1. The van der Waals surface area contributed by atoms with Gasteiger partial charge in [-0.15, -0.1) is 0 Å². The van der Waals surface area contributed by atoms with Crippen LogP contribution < -0.4 is 4.72 Å². The molecule has 0 amide bonds. The smallest absolute Gasteiger partial charge is 0.0185 e. The first-order valence-corrected chi connectivity index (χ1v) is 6.04. The molecule has 1 saturated carbocycles. The molecule has 1 unspecified atom stereocenters. The Balaban J connectivity index is 0.000000151. The largest absolute Gasteiger partial charge is 0.760 e. The van der Waals surface area contributed by atoms with E-state index in [0.29, 0.717) is 0 Å². The van der Waals surface area contributed by atoms with Crippen LogP contribution in [0.15, 0.2) is 24.3 Å². The van der Waals surface area contributed by atoms with Crippen molar-refractivity contribution >= 4 is 11.3 Å². The summed E-state index contributed by atoms with van der Waals surface area (Å²) in [6, 6.07) is 8.74. The van der Waals surface area contributed by atoms with E-state index in [1.165, 1.54) is 11.1 Å². The minimum absolute atomic E-state index is 0.262. The number of hydrogen-bond acceptors (Lipinski definition) is 2. The predicted octanol–water partition coefficient (Wildman–Crippen LogP) is 1.84. The molecule has 3 nitrogen and oxygen atoms in total. The summed E-state index contributed by atoms with van der Waals surface area (Å²) >= 11 is -2.03. The van der Waals surface area contributed by atoms with Crippen LogP contribution in [0.4, 0.5) is 0 Å². The van der Waals surface area contributed by atoms with Gasteiger partial charge in [-0.05, 0) is 26.7 Å². The van der Waals surface area contributed by atoms with Gasteiger partial charge in [-0.25, -0.2) is 4.72 Å². The maximum atomic E-state index is 9.74. The Labute approximate surface area is 93.3 Å². The highest BCUT2D eigenvalue weighted by Crippen LogP contribution is 2.18. The van der Waals surface area contributed by atoms with E-state index in [1.807, 2.05) is 0 Å². The third-order valence-corrected chi connectivity index (χ3v) is 2.58. The van der Waals surface area contributed by atoms with E-state index >= 15 is 0 Å². The Bertz CT molecular complexity index is 299. The summed E-state index contributed by atoms with van der Waals surface area (Å²) in [4.78, 5) is 0. The summed E-state index contributed by atoms with van der Waals surface area (Å²) in [5, 5.41) is 0. The van der Waals surface area contributed by atoms with E-state index < -0.39 is 11.3 Å². The molecule has 1 fully saturated rings. The minimum Gasteiger partial charge on any atom is -0.760 e. The van der Waals surface area contributed by atoms with Gasteiger partial charge in [-0.1, -0.05) is 35.4 Å². The molecule has 0 heterocycles. The quantitative estimate of drug-likeness (QED) is 0.782. The summed E-state index contributed by atoms with van der Waals surface area (Å²) in [6.07, 6.45) is 2.02. The lowest BCUT2D eigenvalue weighted by Gasteiger charge is -2.02. The van der Waals surface area contributed by atoms with Crippen molar-refractivity contribution in [2.45, 2.75) is 32.7 Å². The topological polar surface area (TPSA) is 52.2 Å². The second kappa shape index (κ2) is 6.00. The number of nitrogens with one attached hydrogen (secondary N) is 1. The van der Waals surface area contributed by atoms with Crippen LogP contribution in [0.25, 0.3) is 0 Å². The van der Waals surface area contributed by atoms with Crippen LogP contribution in [0.2, 0.25) is 0 Å². The summed E-state index contributed by atoms with van der Waals surface area (Å²) in [5.74, 6) is 0. The molecule has 0 saturated heterocycles. The lowest BCUT2D eigenvalue weighted by molar-refractivity contribution is 0.522. The maximum Gasteiger partial charge on any atom is 0.0185 e. The first-order chi connectivity index (χ1) is 7.08. The zero-order valence-corrected chi connectivity index (χ0v) is 9.84. The van der Waals surface area contributed by atoms with Crippen molar-refractivity contribution < 1.29 is 8.76 Å². The van der Waals surface area contributed by atoms with Gasteiger partial charge in [0.05, 0.1) is 0 Å². The van der Waals surface area contributed by atoms with Gasteiger partial charge in [-0.2, -0.15) is 0 Å². The van der Waals surface area contributed by atoms with Crippen molar-refractivity contribution in [3.05, 3.63) is 35.4 Å². The molecule has 1 aliphatic rings. The first kappa shape index (κ1) is 12.4. The molecule has 1 aromatic carbocycles. The number of hydrogen-bond donors (Lipinski definition) is 1. The Hall–Kier alpha value is -0.710. The minimum atomic E-state index is -2.03. The Morgan fingerprint density at radius 2 is 1.60 bits per heavy atom. The van der Waals surface area contributed by atoms with Gasteiger partial charge < -0.3 is 4.55 Å². The molecule has 0 spiro atoms. The lowest BCUT2D eigenvalue weighted by Crippen LogP contribution is -2.17. The zero-order chi connectivity index (χ0) is 11.3. The van der Waals surface area contributed by atoms with E-state index in [2.05, 4.69) is 42.8 Å². The zero-order valence-electron chi connectivity index (χ0n) is 9.03. The van der Waals surface area contributed by atoms with Crippen LogP contribution in [-0.2, 0) is 11.3 Å². The standard InChI is InChI=1S/C8H10.C3H7NO2S/c1-7-3-5-8(2)6-4-7;5-7(6)4-3-1-2-3/h3-6H,1-2H3;3-4H,1-2H2,(H,5,6)/p-1. The molecule has 0 radical (unpaired) electrons. The number of aryl methyl sites for hydroxylation is 2. The molecule has 2 rings (SSSR count). The average Bonchev–Trinajstić information content (AvgIpc) is 2.94. The van der Waals surface area contributed by atoms with Gasteiger partial charge in [0.2, 0.25) is 0 Å². The molecule has 1 atom stereocenters. The summed E-state index contributed by atoms with van der Waals surface area (Å²) < 4.78 is 21.8. The van der Waals surface area contributed by atoms with Gasteiger partial charge >= 0.3 is 0 Å². The lowest BCUT2D eigenvalue weighted by atomic mass is 10.2. The molecule has 1 aliphatic carbocycles. The van der Waals surface area contributed by atoms with Crippen molar-refractivity contribution in [3.8, 4) is 0 Å². The van der Waals surface area contributed by atoms with E-state index in [0.717, 1.165) is 12.8 Å². The fourth-order valence-corrected chi connectivity index (χ4v) is 1.48. The second-order valence-electron chi connectivity index (χ2n) is 3.78. The van der Waals surface area contributed by atoms with Crippen molar-refractivity contribution in [3.63, 3.8) is 0 Å². The fourth-order valence-electron chi connectivity index (χ4n) is 0.974. The van der Waals surface area contributed by atoms with Crippen LogP contribution in [0.1, 0.15) is 24.0 Å². The Morgan fingerprint density at radius 1 is 1.20 bits per heavy atom. The van der Waals surface area contributed by atoms with Crippen molar-refractivity contribution in [2.24, 2.45) is 0 Å². The van der Waals surface area contributed by atoms with Gasteiger partial charge in [0.15, 0.2) is 0 Å². The van der Waals surface area contributed by atoms with Crippen molar-refractivity contribution in [1.82, 2.24) is 4.72 Å². The van der Waals surface area contributed by atoms with E-state index in [-0.39, 0.29) is 6.04 Å². The highest BCUT2D eigenvalue weighted by molar-refractivity contribution is 7.77. The van der Waals surface area contributed by atoms with Crippen LogP contribution in [0.3, 0.4) is 0 Å². The molecule has 0 aliphatic heterocycles. The van der Waals surface area contributed by atoms with Crippen LogP contribution in [0.5, 0.6) is 0 Å². The van der Waals surface area contributed by atoms with Gasteiger partial charge in [-0.3, -0.25) is 4.21 Å². The first-order valence-electron chi connectivity index (χ1n) is 4.96. The Morgan fingerprint density at radius 3 is 1.80 bits per heavy atom. The monoisotopic (exact) mass is 226 g/mol. The highest BCUT2D eigenvalue weighted by atomic mass is 32.2. The summed E-state index contributed by atoms with van der Waals surface area (Å²) in [6.45, 7) is 4.19. The summed E-state index contributed by atoms with van der Waals surface area (Å²) in [7, 11) is 0. The van der Waals surface area contributed by atoms with Gasteiger partial charge in [0.25, 0.3) is 0 Å². The maximum absolute atomic E-state index is 9.74. The van der Waals surface area contributed by atoms with Crippen LogP contribution in [-0.4, -0.2) is 14.8 Å². The normalized spacial score (nSPS) is 16.5. The van der Waals surface area contributed by atoms with Gasteiger partial charge in [0, 0.05) is 17.3 Å². The molecule has 84 valence electrons. The van der Waals surface area contributed by atoms with E-state index in [4.69, 9.17) is 0 Å². The van der Waals surface area contributed by atoms with E-state index in [9.17, 15) is 8.76 Å². The fraction of sp³-hybridized carbons (Fsp3) is 0.455. The van der Waals surface area contributed by atoms with Crippen molar-refractivity contribution in [1.29, 1.82) is 0 Å². The number of benzene rings is 1. The molecule has 1 N–H and O–H groups in total. The summed E-state index contributed by atoms with van der Waals surface area (Å²) in [5.41, 5.74) is 2.66. The molecule has 0 bridgehead atoms. The molecule has 0 aromatic heterocycles. The van der Waals surface area contributed by atoms with Crippen LogP contribution >= 0.6 is 0 Å². The highest BCUT2D eigenvalue weighted by Gasteiger charge is 2.20. The second-order valence-corrected chi connectivity index (χ2v) is 4.49. The number of rotatable bonds is 2. The third-order valence-electron chi connectivity index (χ3n) is 2.06. The Kier molecular flexibility index (Phi) is 4.94. The molecule has 15 heavy (non-hydrogen) atoms. The molecule has 1 aromatic rings. The molecule has 4 heteroatoms. The van der Waals surface area contributed by atoms with Crippen LogP contribution in [0, 0.1) is 13.8 Å². The van der Waals surface area contributed by atoms with Gasteiger partial charge in [0.1, 0.15) is 0 Å². The van der Waals surface area contributed by atoms with Crippen molar-refractivity contribution in [2.75, 3.05) is 0 Å². The predicted molar refractivity (Wildman–Crippen MR) is 61.0 cm³/mol. The average molecular weight is 226 g/mol. The molecular weight excluding hydrogens is 210 g/mol. The molecular formula is C11H16NO2S-. The van der Waals surface area contributed by atoms with E-state index in [1.54, 1.807) is 0 Å².